The lowest BCUT2D eigenvalue weighted by atomic mass is 10.1. The van der Waals surface area contributed by atoms with Gasteiger partial charge in [0, 0.05) is 24.7 Å². The van der Waals surface area contributed by atoms with Gasteiger partial charge in [-0.05, 0) is 43.7 Å². The van der Waals surface area contributed by atoms with Crippen LogP contribution < -0.4 is 15.4 Å². The molecule has 0 saturated carbocycles. The van der Waals surface area contributed by atoms with Crippen molar-refractivity contribution in [3.8, 4) is 0 Å². The van der Waals surface area contributed by atoms with Crippen LogP contribution in [0.25, 0.3) is 0 Å². The van der Waals surface area contributed by atoms with E-state index >= 15 is 0 Å². The van der Waals surface area contributed by atoms with Crippen molar-refractivity contribution in [2.75, 3.05) is 19.6 Å². The van der Waals surface area contributed by atoms with Crippen LogP contribution >= 0.6 is 12.4 Å². The maximum atomic E-state index is 12.1. The summed E-state index contributed by atoms with van der Waals surface area (Å²) in [5.74, 6) is -0.170. The van der Waals surface area contributed by atoms with Crippen molar-refractivity contribution in [1.82, 2.24) is 15.4 Å². The molecule has 1 heterocycles. The fraction of sp³-hybridized carbons (Fsp3) is 0.500. The molecule has 1 saturated heterocycles. The van der Waals surface area contributed by atoms with E-state index in [0.29, 0.717) is 12.1 Å². The molecular formula is C14H22ClN3O3S. The molecule has 3 N–H and O–H groups in total. The molecule has 22 heavy (non-hydrogen) atoms. The summed E-state index contributed by atoms with van der Waals surface area (Å²) in [7, 11) is -3.47. The smallest absolute Gasteiger partial charge is 0.251 e. The van der Waals surface area contributed by atoms with Crippen molar-refractivity contribution >= 4 is 28.3 Å². The predicted molar refractivity (Wildman–Crippen MR) is 87.9 cm³/mol. The number of piperidine rings is 1. The Morgan fingerprint density at radius 1 is 1.32 bits per heavy atom. The fourth-order valence-corrected chi connectivity index (χ4v) is 3.34. The molecule has 0 radical (unpaired) electrons. The molecule has 1 aromatic carbocycles. The number of amides is 1. The second-order valence-corrected chi connectivity index (χ2v) is 6.81. The maximum Gasteiger partial charge on any atom is 0.251 e. The van der Waals surface area contributed by atoms with Gasteiger partial charge in [0.15, 0.2) is 0 Å². The van der Waals surface area contributed by atoms with E-state index in [1.807, 2.05) is 0 Å². The van der Waals surface area contributed by atoms with Gasteiger partial charge < -0.3 is 10.6 Å². The fourth-order valence-electron chi connectivity index (χ4n) is 2.30. The van der Waals surface area contributed by atoms with Gasteiger partial charge in [-0.25, -0.2) is 13.1 Å². The molecule has 2 rings (SSSR count). The lowest BCUT2D eigenvalue weighted by Crippen LogP contribution is -2.45. The van der Waals surface area contributed by atoms with E-state index < -0.39 is 10.0 Å². The number of carbonyl (C=O) groups is 1. The Labute approximate surface area is 137 Å². The number of benzene rings is 1. The van der Waals surface area contributed by atoms with Crippen molar-refractivity contribution in [2.45, 2.75) is 30.7 Å². The highest BCUT2D eigenvalue weighted by atomic mass is 35.5. The third-order valence-electron chi connectivity index (χ3n) is 3.39. The van der Waals surface area contributed by atoms with E-state index in [-0.39, 0.29) is 29.3 Å². The molecule has 6 nitrogen and oxygen atoms in total. The normalized spacial score (nSPS) is 18.3. The van der Waals surface area contributed by atoms with Gasteiger partial charge in [0.25, 0.3) is 5.91 Å². The Bertz CT molecular complexity index is 584. The van der Waals surface area contributed by atoms with E-state index in [1.165, 1.54) is 24.3 Å². The van der Waals surface area contributed by atoms with Crippen molar-refractivity contribution in [1.29, 1.82) is 0 Å². The van der Waals surface area contributed by atoms with Crippen LogP contribution in [0.15, 0.2) is 29.2 Å². The Hall–Kier alpha value is -1.15. The lowest BCUT2D eigenvalue weighted by Gasteiger charge is -2.23. The Morgan fingerprint density at radius 3 is 2.55 bits per heavy atom. The van der Waals surface area contributed by atoms with E-state index in [1.54, 1.807) is 6.92 Å². The molecule has 1 atom stereocenters. The van der Waals surface area contributed by atoms with E-state index in [4.69, 9.17) is 0 Å². The van der Waals surface area contributed by atoms with Gasteiger partial charge in [0.1, 0.15) is 0 Å². The molecule has 0 aromatic heterocycles. The molecule has 124 valence electrons. The SMILES string of the molecule is CCNS(=O)(=O)c1ccc(C(=O)N[C@H]2CCCNC2)cc1.Cl. The standard InChI is InChI=1S/C14H21N3O3S.ClH/c1-2-16-21(19,20)13-7-5-11(6-8-13)14(18)17-12-4-3-9-15-10-12;/h5-8,12,15-16H,2-4,9-10H2,1H3,(H,17,18);1H/t12-;/m0./s1. The van der Waals surface area contributed by atoms with Gasteiger partial charge in [-0.2, -0.15) is 0 Å². The summed E-state index contributed by atoms with van der Waals surface area (Å²) >= 11 is 0. The number of rotatable bonds is 5. The number of hydrogen-bond acceptors (Lipinski definition) is 4. The largest absolute Gasteiger partial charge is 0.348 e. The molecule has 1 aliphatic rings. The summed E-state index contributed by atoms with van der Waals surface area (Å²) in [6.07, 6.45) is 2.01. The molecule has 0 unspecified atom stereocenters. The third kappa shape index (κ3) is 4.95. The molecule has 1 amide bonds. The highest BCUT2D eigenvalue weighted by Crippen LogP contribution is 2.11. The predicted octanol–water partition coefficient (Wildman–Crippen LogP) is 0.888. The average molecular weight is 348 g/mol. The molecule has 0 bridgehead atoms. The van der Waals surface area contributed by atoms with Crippen LogP contribution in [0.5, 0.6) is 0 Å². The highest BCUT2D eigenvalue weighted by molar-refractivity contribution is 7.89. The molecule has 1 fully saturated rings. The molecule has 1 aliphatic heterocycles. The first-order chi connectivity index (χ1) is 10.0. The Morgan fingerprint density at radius 2 is 2.00 bits per heavy atom. The van der Waals surface area contributed by atoms with Gasteiger partial charge in [-0.1, -0.05) is 6.92 Å². The van der Waals surface area contributed by atoms with Crippen LogP contribution in [-0.2, 0) is 10.0 Å². The van der Waals surface area contributed by atoms with Crippen LogP contribution in [0, 0.1) is 0 Å². The summed E-state index contributed by atoms with van der Waals surface area (Å²) in [5.41, 5.74) is 0.469. The zero-order valence-corrected chi connectivity index (χ0v) is 14.1. The number of nitrogens with one attached hydrogen (secondary N) is 3. The second-order valence-electron chi connectivity index (χ2n) is 5.04. The second kappa shape index (κ2) is 8.47. The Balaban J connectivity index is 0.00000242. The number of hydrogen-bond donors (Lipinski definition) is 3. The zero-order chi connectivity index (χ0) is 15.3. The summed E-state index contributed by atoms with van der Waals surface area (Å²) in [5, 5.41) is 6.18. The first-order valence-corrected chi connectivity index (χ1v) is 8.62. The first-order valence-electron chi connectivity index (χ1n) is 7.14. The number of sulfonamides is 1. The van der Waals surface area contributed by atoms with Gasteiger partial charge in [-0.15, -0.1) is 12.4 Å². The van der Waals surface area contributed by atoms with Gasteiger partial charge in [-0.3, -0.25) is 4.79 Å². The molecule has 8 heteroatoms. The minimum Gasteiger partial charge on any atom is -0.348 e. The summed E-state index contributed by atoms with van der Waals surface area (Å²) in [6, 6.07) is 6.11. The third-order valence-corrected chi connectivity index (χ3v) is 4.95. The highest BCUT2D eigenvalue weighted by Gasteiger charge is 2.17. The van der Waals surface area contributed by atoms with Gasteiger partial charge in [0.2, 0.25) is 10.0 Å². The summed E-state index contributed by atoms with van der Waals surface area (Å²) in [4.78, 5) is 12.3. The number of halogens is 1. The van der Waals surface area contributed by atoms with Crippen molar-refractivity contribution in [3.63, 3.8) is 0 Å². The topological polar surface area (TPSA) is 87.3 Å². The van der Waals surface area contributed by atoms with E-state index in [9.17, 15) is 13.2 Å². The van der Waals surface area contributed by atoms with Gasteiger partial charge >= 0.3 is 0 Å². The van der Waals surface area contributed by atoms with E-state index in [0.717, 1.165) is 25.9 Å². The van der Waals surface area contributed by atoms with Gasteiger partial charge in [0.05, 0.1) is 4.90 Å². The minimum atomic E-state index is -3.47. The van der Waals surface area contributed by atoms with Crippen molar-refractivity contribution in [2.24, 2.45) is 0 Å². The van der Waals surface area contributed by atoms with Crippen LogP contribution in [0.2, 0.25) is 0 Å². The summed E-state index contributed by atoms with van der Waals surface area (Å²) < 4.78 is 26.0. The minimum absolute atomic E-state index is 0. The summed E-state index contributed by atoms with van der Waals surface area (Å²) in [6.45, 7) is 3.82. The lowest BCUT2D eigenvalue weighted by molar-refractivity contribution is 0.0930. The average Bonchev–Trinajstić information content (AvgIpc) is 2.48. The van der Waals surface area contributed by atoms with Crippen LogP contribution in [-0.4, -0.2) is 40.0 Å². The molecule has 0 aliphatic carbocycles. The van der Waals surface area contributed by atoms with Crippen LogP contribution in [0.4, 0.5) is 0 Å². The zero-order valence-electron chi connectivity index (χ0n) is 12.5. The Kier molecular flexibility index (Phi) is 7.28. The molecule has 1 aromatic rings. The van der Waals surface area contributed by atoms with E-state index in [2.05, 4.69) is 15.4 Å². The molecule has 0 spiro atoms. The van der Waals surface area contributed by atoms with Crippen LogP contribution in [0.1, 0.15) is 30.1 Å². The molecular weight excluding hydrogens is 326 g/mol. The first kappa shape index (κ1) is 18.9. The van der Waals surface area contributed by atoms with Crippen molar-refractivity contribution < 1.29 is 13.2 Å². The van der Waals surface area contributed by atoms with Crippen molar-refractivity contribution in [3.05, 3.63) is 29.8 Å². The number of carbonyl (C=O) groups excluding carboxylic acids is 1. The monoisotopic (exact) mass is 347 g/mol. The maximum absolute atomic E-state index is 12.1. The quantitative estimate of drug-likeness (QED) is 0.738. The van der Waals surface area contributed by atoms with Crippen LogP contribution in [0.3, 0.4) is 0 Å².